The van der Waals surface area contributed by atoms with Crippen LogP contribution >= 0.6 is 23.5 Å². The molecule has 1 heterocycles. The molecular weight excluding hydrogens is 633 g/mol. The van der Waals surface area contributed by atoms with Gasteiger partial charge in [-0.2, -0.15) is 0 Å². The van der Waals surface area contributed by atoms with Crippen molar-refractivity contribution in [2.45, 2.75) is 38.8 Å². The fourth-order valence-electron chi connectivity index (χ4n) is 7.29. The van der Waals surface area contributed by atoms with Gasteiger partial charge < -0.3 is 10.2 Å². The Morgan fingerprint density at radius 3 is 2.00 bits per heavy atom. The summed E-state index contributed by atoms with van der Waals surface area (Å²) < 4.78 is 0. The minimum absolute atomic E-state index is 0.0297. The molecule has 7 aromatic carbocycles. The molecule has 4 heteroatoms. The van der Waals surface area contributed by atoms with E-state index < -0.39 is 0 Å². The van der Waals surface area contributed by atoms with Crippen LogP contribution in [0.15, 0.2) is 183 Å². The van der Waals surface area contributed by atoms with Crippen molar-refractivity contribution in [3.8, 4) is 22.3 Å². The van der Waals surface area contributed by atoms with Gasteiger partial charge in [0.05, 0.1) is 17.1 Å². The summed E-state index contributed by atoms with van der Waals surface area (Å²) in [5.41, 5.74) is 13.4. The highest BCUT2D eigenvalue weighted by Crippen LogP contribution is 2.53. The standard InChI is InChI=1S/C45H34N2S2/c1-45(2)37-17-7-6-16-35(37)36-28-30(24-25-38(36)45)31-26-32(46-39-18-8-11-21-42(39)48-34-14-4-3-5-15-34)29-33(27-31)47-40-19-9-12-22-43(40)49-44-23-13-10-20-41(44)47/h3-29,46H,1-2H3. The van der Waals surface area contributed by atoms with Crippen LogP contribution in [0.2, 0.25) is 0 Å². The van der Waals surface area contributed by atoms with Crippen LogP contribution in [-0.2, 0) is 5.41 Å². The zero-order valence-corrected chi connectivity index (χ0v) is 29.0. The van der Waals surface area contributed by atoms with Gasteiger partial charge in [0.25, 0.3) is 0 Å². The Kier molecular flexibility index (Phi) is 7.37. The predicted molar refractivity (Wildman–Crippen MR) is 209 cm³/mol. The number of para-hydroxylation sites is 3. The monoisotopic (exact) mass is 666 g/mol. The molecule has 7 aromatic rings. The van der Waals surface area contributed by atoms with Crippen molar-refractivity contribution in [2.24, 2.45) is 0 Å². The summed E-state index contributed by atoms with van der Waals surface area (Å²) in [6.45, 7) is 4.68. The molecule has 0 aromatic heterocycles. The highest BCUT2D eigenvalue weighted by molar-refractivity contribution is 8.00. The number of fused-ring (bicyclic) bond motifs is 5. The third-order valence-electron chi connectivity index (χ3n) is 9.66. The zero-order valence-electron chi connectivity index (χ0n) is 27.4. The van der Waals surface area contributed by atoms with E-state index in [1.165, 1.54) is 64.3 Å². The molecule has 1 aliphatic heterocycles. The molecule has 2 nitrogen and oxygen atoms in total. The Hall–Kier alpha value is -5.16. The van der Waals surface area contributed by atoms with Gasteiger partial charge >= 0.3 is 0 Å². The molecule has 0 amide bonds. The lowest BCUT2D eigenvalue weighted by Crippen LogP contribution is -2.15. The molecule has 9 rings (SSSR count). The molecule has 0 radical (unpaired) electrons. The molecule has 0 fully saturated rings. The van der Waals surface area contributed by atoms with Gasteiger partial charge in [-0.15, -0.1) is 0 Å². The fraction of sp³-hybridized carbons (Fsp3) is 0.0667. The highest BCUT2D eigenvalue weighted by atomic mass is 32.2. The number of nitrogens with zero attached hydrogens (tertiary/aromatic N) is 1. The van der Waals surface area contributed by atoms with E-state index in [4.69, 9.17) is 0 Å². The maximum atomic E-state index is 3.86. The van der Waals surface area contributed by atoms with E-state index in [9.17, 15) is 0 Å². The van der Waals surface area contributed by atoms with E-state index >= 15 is 0 Å². The van der Waals surface area contributed by atoms with Crippen LogP contribution in [0.4, 0.5) is 28.4 Å². The van der Waals surface area contributed by atoms with Crippen LogP contribution in [0, 0.1) is 0 Å². The average molecular weight is 667 g/mol. The Morgan fingerprint density at radius 2 is 1.20 bits per heavy atom. The first kappa shape index (κ1) is 29.9. The lowest BCUT2D eigenvalue weighted by Gasteiger charge is -2.33. The largest absolute Gasteiger partial charge is 0.355 e. The Labute approximate surface area is 296 Å². The van der Waals surface area contributed by atoms with E-state index in [0.29, 0.717) is 0 Å². The summed E-state index contributed by atoms with van der Waals surface area (Å²) >= 11 is 3.62. The van der Waals surface area contributed by atoms with Crippen LogP contribution in [-0.4, -0.2) is 0 Å². The van der Waals surface area contributed by atoms with Crippen molar-refractivity contribution in [1.82, 2.24) is 0 Å². The molecule has 0 unspecified atom stereocenters. The molecule has 1 aliphatic carbocycles. The molecule has 0 bridgehead atoms. The van der Waals surface area contributed by atoms with Gasteiger partial charge in [0, 0.05) is 36.4 Å². The smallest absolute Gasteiger partial charge is 0.0601 e. The van der Waals surface area contributed by atoms with Gasteiger partial charge in [-0.1, -0.05) is 128 Å². The second-order valence-electron chi connectivity index (χ2n) is 13.1. The summed E-state index contributed by atoms with van der Waals surface area (Å²) in [5.74, 6) is 0. The van der Waals surface area contributed by atoms with Gasteiger partial charge in [0.15, 0.2) is 0 Å². The summed E-state index contributed by atoms with van der Waals surface area (Å²) in [4.78, 5) is 7.32. The number of hydrogen-bond donors (Lipinski definition) is 1. The Bertz CT molecular complexity index is 2320. The van der Waals surface area contributed by atoms with E-state index in [-0.39, 0.29) is 5.41 Å². The Balaban J connectivity index is 1.21. The minimum atomic E-state index is -0.0297. The molecular formula is C45H34N2S2. The summed E-state index contributed by atoms with van der Waals surface area (Å²) in [6.07, 6.45) is 0. The zero-order chi connectivity index (χ0) is 33.0. The van der Waals surface area contributed by atoms with Crippen molar-refractivity contribution in [1.29, 1.82) is 0 Å². The van der Waals surface area contributed by atoms with Crippen molar-refractivity contribution < 1.29 is 0 Å². The number of rotatable bonds is 6. The molecule has 0 atom stereocenters. The van der Waals surface area contributed by atoms with Crippen LogP contribution in [0.25, 0.3) is 22.3 Å². The van der Waals surface area contributed by atoms with E-state index in [1.54, 1.807) is 11.8 Å². The van der Waals surface area contributed by atoms with E-state index in [0.717, 1.165) is 17.1 Å². The first-order valence-electron chi connectivity index (χ1n) is 16.7. The maximum absolute atomic E-state index is 3.86. The first-order chi connectivity index (χ1) is 24.0. The molecule has 1 N–H and O–H groups in total. The molecule has 0 saturated carbocycles. The SMILES string of the molecule is CC1(C)c2ccccc2-c2cc(-c3cc(Nc4ccccc4Sc4ccccc4)cc(N4c5ccccc5Sc5ccccc54)c3)ccc21. The highest BCUT2D eigenvalue weighted by Gasteiger charge is 2.35. The van der Waals surface area contributed by atoms with Crippen molar-refractivity contribution >= 4 is 52.0 Å². The van der Waals surface area contributed by atoms with Gasteiger partial charge in [0.1, 0.15) is 0 Å². The number of nitrogens with one attached hydrogen (secondary N) is 1. The number of hydrogen-bond acceptors (Lipinski definition) is 4. The molecule has 236 valence electrons. The molecule has 0 spiro atoms. The summed E-state index contributed by atoms with van der Waals surface area (Å²) in [5, 5.41) is 3.86. The van der Waals surface area contributed by atoms with Gasteiger partial charge in [-0.25, -0.2) is 0 Å². The maximum Gasteiger partial charge on any atom is 0.0601 e. The first-order valence-corrected chi connectivity index (χ1v) is 18.3. The second kappa shape index (κ2) is 12.1. The third-order valence-corrected chi connectivity index (χ3v) is 11.9. The van der Waals surface area contributed by atoms with Gasteiger partial charge in [-0.05, 0) is 106 Å². The number of benzene rings is 7. The topological polar surface area (TPSA) is 15.3 Å². The molecule has 2 aliphatic rings. The van der Waals surface area contributed by atoms with Crippen molar-refractivity contribution in [2.75, 3.05) is 10.2 Å². The second-order valence-corrected chi connectivity index (χ2v) is 15.3. The van der Waals surface area contributed by atoms with Gasteiger partial charge in [-0.3, -0.25) is 0 Å². The van der Waals surface area contributed by atoms with Crippen molar-refractivity contribution in [3.63, 3.8) is 0 Å². The molecule has 49 heavy (non-hydrogen) atoms. The Morgan fingerprint density at radius 1 is 0.551 bits per heavy atom. The lowest BCUT2D eigenvalue weighted by atomic mass is 9.82. The summed E-state index contributed by atoms with van der Waals surface area (Å²) in [7, 11) is 0. The van der Waals surface area contributed by atoms with Crippen molar-refractivity contribution in [3.05, 3.63) is 175 Å². The third kappa shape index (κ3) is 5.32. The van der Waals surface area contributed by atoms with E-state index in [1.807, 2.05) is 11.8 Å². The quantitative estimate of drug-likeness (QED) is 0.190. The van der Waals surface area contributed by atoms with Crippen LogP contribution in [0.3, 0.4) is 0 Å². The van der Waals surface area contributed by atoms with Gasteiger partial charge in [0.2, 0.25) is 0 Å². The summed E-state index contributed by atoms with van der Waals surface area (Å²) in [6, 6.07) is 59.5. The van der Waals surface area contributed by atoms with Crippen LogP contribution < -0.4 is 10.2 Å². The van der Waals surface area contributed by atoms with Crippen LogP contribution in [0.5, 0.6) is 0 Å². The van der Waals surface area contributed by atoms with Crippen LogP contribution in [0.1, 0.15) is 25.0 Å². The fourth-order valence-corrected chi connectivity index (χ4v) is 9.27. The molecule has 0 saturated heterocycles. The number of anilines is 5. The minimum Gasteiger partial charge on any atom is -0.355 e. The lowest BCUT2D eigenvalue weighted by molar-refractivity contribution is 0.660. The average Bonchev–Trinajstić information content (AvgIpc) is 3.37. The normalized spacial score (nSPS) is 13.6. The predicted octanol–water partition coefficient (Wildman–Crippen LogP) is 13.5. The van der Waals surface area contributed by atoms with E-state index in [2.05, 4.69) is 188 Å².